The molecule has 0 amide bonds. The summed E-state index contributed by atoms with van der Waals surface area (Å²) in [7, 11) is 0. The first-order valence-corrected chi connectivity index (χ1v) is 9.60. The highest BCUT2D eigenvalue weighted by atomic mass is 16.6. The lowest BCUT2D eigenvalue weighted by Gasteiger charge is -2.18. The number of hydrogen-bond acceptors (Lipinski definition) is 7. The summed E-state index contributed by atoms with van der Waals surface area (Å²) in [4.78, 5) is 25.2. The summed E-state index contributed by atoms with van der Waals surface area (Å²) in [6, 6.07) is 9.88. The van der Waals surface area contributed by atoms with Crippen molar-refractivity contribution in [3.63, 3.8) is 0 Å². The first kappa shape index (κ1) is 17.8. The molecule has 1 N–H and O–H groups in total. The minimum atomic E-state index is -0.322. The Hall–Kier alpha value is -3.32. The molecule has 2 aliphatic rings. The van der Waals surface area contributed by atoms with Crippen molar-refractivity contribution in [2.45, 2.75) is 18.9 Å². The monoisotopic (exact) mass is 393 g/mol. The van der Waals surface area contributed by atoms with Crippen molar-refractivity contribution in [3.05, 3.63) is 52.9 Å². The number of nitrogens with one attached hydrogen (secondary N) is 1. The molecule has 0 bridgehead atoms. The van der Waals surface area contributed by atoms with E-state index in [1.54, 1.807) is 36.4 Å². The number of esters is 1. The van der Waals surface area contributed by atoms with E-state index in [2.05, 4.69) is 5.32 Å². The van der Waals surface area contributed by atoms with Gasteiger partial charge in [-0.2, -0.15) is 0 Å². The van der Waals surface area contributed by atoms with Gasteiger partial charge in [0.25, 0.3) is 0 Å². The molecule has 0 aliphatic carbocycles. The van der Waals surface area contributed by atoms with Crippen LogP contribution in [0.4, 0.5) is 0 Å². The molecule has 0 radical (unpaired) electrons. The first-order chi connectivity index (χ1) is 14.2. The minimum absolute atomic E-state index is 0.168. The Labute approximate surface area is 166 Å². The maximum absolute atomic E-state index is 13.0. The summed E-state index contributed by atoms with van der Waals surface area (Å²) < 4.78 is 22.2. The van der Waals surface area contributed by atoms with Crippen LogP contribution in [0.15, 0.2) is 51.9 Å². The normalized spacial score (nSPS) is 18.0. The topological polar surface area (TPSA) is 87.0 Å². The zero-order chi connectivity index (χ0) is 19.8. The molecule has 5 rings (SSSR count). The second-order valence-corrected chi connectivity index (χ2v) is 7.06. The Bertz CT molecular complexity index is 1150. The van der Waals surface area contributed by atoms with E-state index >= 15 is 0 Å². The lowest BCUT2D eigenvalue weighted by atomic mass is 10.0. The zero-order valence-electron chi connectivity index (χ0n) is 15.6. The van der Waals surface area contributed by atoms with E-state index in [-0.39, 0.29) is 17.4 Å². The summed E-state index contributed by atoms with van der Waals surface area (Å²) in [5, 5.41) is 3.52. The van der Waals surface area contributed by atoms with Crippen LogP contribution < -0.4 is 25.0 Å². The van der Waals surface area contributed by atoms with Crippen LogP contribution in [0.3, 0.4) is 0 Å². The van der Waals surface area contributed by atoms with Crippen LogP contribution in [0.1, 0.15) is 12.8 Å². The van der Waals surface area contributed by atoms with Crippen molar-refractivity contribution >= 4 is 16.9 Å². The van der Waals surface area contributed by atoms with Crippen LogP contribution in [-0.2, 0) is 4.79 Å². The van der Waals surface area contributed by atoms with E-state index in [9.17, 15) is 9.59 Å². The largest absolute Gasteiger partial charge is 0.486 e. The van der Waals surface area contributed by atoms with Gasteiger partial charge in [-0.3, -0.25) is 4.79 Å². The van der Waals surface area contributed by atoms with Crippen LogP contribution in [-0.4, -0.2) is 31.8 Å². The second-order valence-electron chi connectivity index (χ2n) is 7.06. The molecule has 0 unspecified atom stereocenters. The number of fused-ring (bicyclic) bond motifs is 2. The molecule has 2 aliphatic heterocycles. The lowest BCUT2D eigenvalue weighted by Crippen LogP contribution is -2.34. The van der Waals surface area contributed by atoms with Crippen molar-refractivity contribution in [1.82, 2.24) is 5.32 Å². The molecule has 3 aromatic rings. The number of ether oxygens (including phenoxy) is 3. The fourth-order valence-corrected chi connectivity index (χ4v) is 3.66. The van der Waals surface area contributed by atoms with Crippen LogP contribution in [0, 0.1) is 0 Å². The van der Waals surface area contributed by atoms with Gasteiger partial charge in [0.05, 0.1) is 10.9 Å². The molecule has 7 nitrogen and oxygen atoms in total. The second kappa shape index (κ2) is 7.25. The lowest BCUT2D eigenvalue weighted by molar-refractivity contribution is -0.136. The van der Waals surface area contributed by atoms with E-state index in [1.165, 1.54) is 6.26 Å². The SMILES string of the molecule is O=C(Oc1ccc2c(=O)c(-c3ccc4c(c3)OCCO4)coc2c1)[C@H]1CCCN1. The predicted molar refractivity (Wildman–Crippen MR) is 106 cm³/mol. The third-order valence-electron chi connectivity index (χ3n) is 5.16. The smallest absolute Gasteiger partial charge is 0.328 e. The number of hydrogen-bond donors (Lipinski definition) is 1. The number of carbonyl (C=O) groups is 1. The highest BCUT2D eigenvalue weighted by molar-refractivity contribution is 5.84. The zero-order valence-corrected chi connectivity index (χ0v) is 15.6. The van der Waals surface area contributed by atoms with Crippen molar-refractivity contribution in [2.75, 3.05) is 19.8 Å². The molecule has 0 spiro atoms. The Morgan fingerprint density at radius 3 is 2.76 bits per heavy atom. The maximum Gasteiger partial charge on any atom is 0.328 e. The van der Waals surface area contributed by atoms with Crippen LogP contribution in [0.2, 0.25) is 0 Å². The van der Waals surface area contributed by atoms with Gasteiger partial charge in [-0.25, -0.2) is 4.79 Å². The van der Waals surface area contributed by atoms with Gasteiger partial charge in [0.1, 0.15) is 36.9 Å². The number of rotatable bonds is 3. The molecule has 29 heavy (non-hydrogen) atoms. The van der Waals surface area contributed by atoms with E-state index in [1.807, 2.05) is 0 Å². The Morgan fingerprint density at radius 2 is 1.93 bits per heavy atom. The van der Waals surface area contributed by atoms with Crippen molar-refractivity contribution in [1.29, 1.82) is 0 Å². The first-order valence-electron chi connectivity index (χ1n) is 9.60. The molecule has 1 saturated heterocycles. The standard InChI is InChI=1S/C22H19NO6/c24-21-15-5-4-14(29-22(25)17-2-1-7-23-17)11-19(15)28-12-16(21)13-3-6-18-20(10-13)27-9-8-26-18/h3-6,10-12,17,23H,1-2,7-9H2/t17-/m1/s1. The Kier molecular flexibility index (Phi) is 4.44. The maximum atomic E-state index is 13.0. The fraction of sp³-hybridized carbons (Fsp3) is 0.273. The summed E-state index contributed by atoms with van der Waals surface area (Å²) >= 11 is 0. The number of benzene rings is 2. The average Bonchev–Trinajstić information content (AvgIpc) is 3.29. The molecule has 2 aromatic carbocycles. The third-order valence-corrected chi connectivity index (χ3v) is 5.16. The number of carbonyl (C=O) groups excluding carboxylic acids is 1. The van der Waals surface area contributed by atoms with Gasteiger partial charge in [-0.05, 0) is 49.2 Å². The van der Waals surface area contributed by atoms with Crippen molar-refractivity contribution in [3.8, 4) is 28.4 Å². The molecule has 3 heterocycles. The van der Waals surface area contributed by atoms with E-state index in [4.69, 9.17) is 18.6 Å². The van der Waals surface area contributed by atoms with E-state index in [0.29, 0.717) is 52.6 Å². The third kappa shape index (κ3) is 3.34. The van der Waals surface area contributed by atoms with Gasteiger partial charge >= 0.3 is 5.97 Å². The van der Waals surface area contributed by atoms with Crippen molar-refractivity contribution in [2.24, 2.45) is 0 Å². The molecule has 148 valence electrons. The Morgan fingerprint density at radius 1 is 1.07 bits per heavy atom. The molecular formula is C22H19NO6. The average molecular weight is 393 g/mol. The molecular weight excluding hydrogens is 374 g/mol. The summed E-state index contributed by atoms with van der Waals surface area (Å²) in [5.41, 5.74) is 1.31. The Balaban J connectivity index is 1.46. The summed E-state index contributed by atoms with van der Waals surface area (Å²) in [6.07, 6.45) is 3.13. The predicted octanol–water partition coefficient (Wildman–Crippen LogP) is 2.89. The summed E-state index contributed by atoms with van der Waals surface area (Å²) in [5.74, 6) is 1.30. The van der Waals surface area contributed by atoms with Gasteiger partial charge in [0.2, 0.25) is 0 Å². The minimum Gasteiger partial charge on any atom is -0.486 e. The molecule has 0 saturated carbocycles. The van der Waals surface area contributed by atoms with E-state index in [0.717, 1.165) is 19.4 Å². The molecule has 1 atom stereocenters. The highest BCUT2D eigenvalue weighted by Gasteiger charge is 2.24. The van der Waals surface area contributed by atoms with Gasteiger partial charge in [0.15, 0.2) is 16.9 Å². The quantitative estimate of drug-likeness (QED) is 0.541. The van der Waals surface area contributed by atoms with Crippen LogP contribution in [0.5, 0.6) is 17.2 Å². The molecule has 1 aromatic heterocycles. The van der Waals surface area contributed by atoms with Gasteiger partial charge in [-0.15, -0.1) is 0 Å². The van der Waals surface area contributed by atoms with Gasteiger partial charge in [0, 0.05) is 6.07 Å². The van der Waals surface area contributed by atoms with Crippen LogP contribution >= 0.6 is 0 Å². The van der Waals surface area contributed by atoms with Crippen molar-refractivity contribution < 1.29 is 23.4 Å². The van der Waals surface area contributed by atoms with E-state index < -0.39 is 0 Å². The highest BCUT2D eigenvalue weighted by Crippen LogP contribution is 2.34. The van der Waals surface area contributed by atoms with Gasteiger partial charge in [-0.1, -0.05) is 6.07 Å². The van der Waals surface area contributed by atoms with Crippen LogP contribution in [0.25, 0.3) is 22.1 Å². The summed E-state index contributed by atoms with van der Waals surface area (Å²) in [6.45, 7) is 1.80. The molecule has 1 fully saturated rings. The molecule has 7 heteroatoms. The van der Waals surface area contributed by atoms with Gasteiger partial charge < -0.3 is 23.9 Å². The fourth-order valence-electron chi connectivity index (χ4n) is 3.66.